The minimum atomic E-state index is -0.506. The summed E-state index contributed by atoms with van der Waals surface area (Å²) < 4.78 is 14.9. The quantitative estimate of drug-likeness (QED) is 0.542. The van der Waals surface area contributed by atoms with Crippen LogP contribution in [-0.4, -0.2) is 0 Å². The van der Waals surface area contributed by atoms with Gasteiger partial charge in [0.25, 0.3) is 0 Å². The topological polar surface area (TPSA) is 0 Å². The Labute approximate surface area is 125 Å². The Hall–Kier alpha value is 0.200. The van der Waals surface area contributed by atoms with Gasteiger partial charge in [-0.25, -0.2) is 4.39 Å². The SMILES string of the molecule is Fc1cc(C(Cl)c2cc(Cl)sc2Cl)ccc1Br. The van der Waals surface area contributed by atoms with E-state index in [1.807, 2.05) is 0 Å². The van der Waals surface area contributed by atoms with Crippen molar-refractivity contribution in [1.82, 2.24) is 0 Å². The third kappa shape index (κ3) is 2.96. The number of thiophene rings is 1. The molecular formula is C11H5BrCl3FS. The van der Waals surface area contributed by atoms with Crippen LogP contribution >= 0.6 is 62.1 Å². The van der Waals surface area contributed by atoms with Crippen LogP contribution in [0.1, 0.15) is 16.5 Å². The maximum atomic E-state index is 13.4. The van der Waals surface area contributed by atoms with E-state index in [0.29, 0.717) is 24.3 Å². The Bertz CT molecular complexity index is 556. The van der Waals surface area contributed by atoms with Crippen LogP contribution in [0.3, 0.4) is 0 Å². The molecule has 6 heteroatoms. The first-order valence-corrected chi connectivity index (χ1v) is 7.33. The fourth-order valence-corrected chi connectivity index (χ4v) is 3.58. The Morgan fingerprint density at radius 3 is 2.47 bits per heavy atom. The number of benzene rings is 1. The highest BCUT2D eigenvalue weighted by Gasteiger charge is 2.18. The van der Waals surface area contributed by atoms with E-state index in [1.54, 1.807) is 18.2 Å². The zero-order valence-electron chi connectivity index (χ0n) is 8.18. The highest BCUT2D eigenvalue weighted by Crippen LogP contribution is 2.40. The Kier molecular flexibility index (Phi) is 4.37. The van der Waals surface area contributed by atoms with Gasteiger partial charge in [0.15, 0.2) is 0 Å². The molecule has 0 saturated carbocycles. The molecule has 1 atom stereocenters. The normalized spacial score (nSPS) is 12.8. The summed E-state index contributed by atoms with van der Waals surface area (Å²) in [5.41, 5.74) is 1.34. The molecule has 90 valence electrons. The molecule has 17 heavy (non-hydrogen) atoms. The van der Waals surface area contributed by atoms with Crippen LogP contribution in [-0.2, 0) is 0 Å². The van der Waals surface area contributed by atoms with Gasteiger partial charge in [-0.15, -0.1) is 22.9 Å². The molecule has 0 nitrogen and oxygen atoms in total. The van der Waals surface area contributed by atoms with Crippen molar-refractivity contribution in [2.75, 3.05) is 0 Å². The molecular weight excluding hydrogens is 369 g/mol. The van der Waals surface area contributed by atoms with Crippen molar-refractivity contribution in [3.63, 3.8) is 0 Å². The zero-order valence-corrected chi connectivity index (χ0v) is 12.9. The van der Waals surface area contributed by atoms with Crippen molar-refractivity contribution in [2.45, 2.75) is 5.38 Å². The molecule has 2 rings (SSSR count). The van der Waals surface area contributed by atoms with Gasteiger partial charge in [0.1, 0.15) is 5.82 Å². The standard InChI is InChI=1S/C11H5BrCl3FS/c12-7-2-1-5(3-8(7)16)10(14)6-4-9(13)17-11(6)15/h1-4,10H. The predicted molar refractivity (Wildman–Crippen MR) is 76.1 cm³/mol. The number of rotatable bonds is 2. The lowest BCUT2D eigenvalue weighted by atomic mass is 10.1. The molecule has 0 amide bonds. The van der Waals surface area contributed by atoms with Crippen molar-refractivity contribution < 1.29 is 4.39 Å². The molecule has 1 unspecified atom stereocenters. The van der Waals surface area contributed by atoms with Gasteiger partial charge in [0.05, 0.1) is 18.5 Å². The number of hydrogen-bond acceptors (Lipinski definition) is 1. The molecule has 1 aromatic carbocycles. The number of hydrogen-bond donors (Lipinski definition) is 0. The highest BCUT2D eigenvalue weighted by molar-refractivity contribution is 9.10. The van der Waals surface area contributed by atoms with Gasteiger partial charge in [-0.3, -0.25) is 0 Å². The van der Waals surface area contributed by atoms with Crippen molar-refractivity contribution in [1.29, 1.82) is 0 Å². The fourth-order valence-electron chi connectivity index (χ4n) is 1.38. The van der Waals surface area contributed by atoms with Crippen molar-refractivity contribution in [2.24, 2.45) is 0 Å². The first-order valence-electron chi connectivity index (χ1n) is 4.53. The summed E-state index contributed by atoms with van der Waals surface area (Å²) in [4.78, 5) is 0. The average molecular weight is 374 g/mol. The lowest BCUT2D eigenvalue weighted by Gasteiger charge is -2.09. The monoisotopic (exact) mass is 372 g/mol. The molecule has 0 fully saturated rings. The van der Waals surface area contributed by atoms with Crippen LogP contribution < -0.4 is 0 Å². The first kappa shape index (κ1) is 13.6. The van der Waals surface area contributed by atoms with E-state index >= 15 is 0 Å². The highest BCUT2D eigenvalue weighted by atomic mass is 79.9. The number of halogens is 5. The largest absolute Gasteiger partial charge is 0.206 e. The summed E-state index contributed by atoms with van der Waals surface area (Å²) in [7, 11) is 0. The van der Waals surface area contributed by atoms with Crippen LogP contribution in [0.15, 0.2) is 28.7 Å². The summed E-state index contributed by atoms with van der Waals surface area (Å²) >= 11 is 22.4. The van der Waals surface area contributed by atoms with Gasteiger partial charge in [0.2, 0.25) is 0 Å². The lowest BCUT2D eigenvalue weighted by molar-refractivity contribution is 0.619. The molecule has 0 radical (unpaired) electrons. The summed E-state index contributed by atoms with van der Waals surface area (Å²) in [5.74, 6) is -0.356. The number of alkyl halides is 1. The smallest absolute Gasteiger partial charge is 0.137 e. The minimum absolute atomic E-state index is 0.356. The predicted octanol–water partition coefficient (Wildman–Crippen LogP) is 6.28. The Morgan fingerprint density at radius 2 is 1.94 bits per heavy atom. The van der Waals surface area contributed by atoms with Crippen molar-refractivity contribution in [3.8, 4) is 0 Å². The molecule has 1 heterocycles. The van der Waals surface area contributed by atoms with E-state index in [2.05, 4.69) is 15.9 Å². The molecule has 0 aliphatic carbocycles. The molecule has 0 saturated heterocycles. The molecule has 0 aliphatic rings. The van der Waals surface area contributed by atoms with E-state index in [9.17, 15) is 4.39 Å². The van der Waals surface area contributed by atoms with E-state index in [0.717, 1.165) is 0 Å². The molecule has 0 N–H and O–H groups in total. The van der Waals surface area contributed by atoms with E-state index in [-0.39, 0.29) is 5.82 Å². The minimum Gasteiger partial charge on any atom is -0.206 e. The molecule has 2 aromatic rings. The van der Waals surface area contributed by atoms with Crippen LogP contribution in [0.5, 0.6) is 0 Å². The second kappa shape index (κ2) is 5.45. The van der Waals surface area contributed by atoms with Crippen LogP contribution in [0, 0.1) is 5.82 Å². The first-order chi connectivity index (χ1) is 7.99. The van der Waals surface area contributed by atoms with Gasteiger partial charge in [-0.2, -0.15) is 0 Å². The average Bonchev–Trinajstić information content (AvgIpc) is 2.61. The third-order valence-corrected chi connectivity index (χ3v) is 4.84. The van der Waals surface area contributed by atoms with Gasteiger partial charge >= 0.3 is 0 Å². The summed E-state index contributed by atoms with van der Waals surface area (Å²) in [6.07, 6.45) is 0. The van der Waals surface area contributed by atoms with Gasteiger partial charge in [0, 0.05) is 5.56 Å². The molecule has 0 aliphatic heterocycles. The summed E-state index contributed by atoms with van der Waals surface area (Å²) in [5, 5.41) is -0.506. The molecule has 1 aromatic heterocycles. The lowest BCUT2D eigenvalue weighted by Crippen LogP contribution is -1.93. The van der Waals surface area contributed by atoms with Crippen LogP contribution in [0.25, 0.3) is 0 Å². The fraction of sp³-hybridized carbons (Fsp3) is 0.0909. The van der Waals surface area contributed by atoms with Gasteiger partial charge in [-0.1, -0.05) is 29.3 Å². The van der Waals surface area contributed by atoms with Crippen LogP contribution in [0.2, 0.25) is 8.67 Å². The van der Waals surface area contributed by atoms with E-state index in [1.165, 1.54) is 17.4 Å². The zero-order chi connectivity index (χ0) is 12.6. The second-order valence-electron chi connectivity index (χ2n) is 3.32. The van der Waals surface area contributed by atoms with Crippen molar-refractivity contribution in [3.05, 3.63) is 54.4 Å². The Morgan fingerprint density at radius 1 is 1.24 bits per heavy atom. The second-order valence-corrected chi connectivity index (χ2v) is 6.89. The molecule has 0 bridgehead atoms. The molecule has 0 spiro atoms. The van der Waals surface area contributed by atoms with E-state index in [4.69, 9.17) is 34.8 Å². The maximum Gasteiger partial charge on any atom is 0.137 e. The van der Waals surface area contributed by atoms with Crippen molar-refractivity contribution >= 4 is 62.1 Å². The van der Waals surface area contributed by atoms with E-state index < -0.39 is 5.38 Å². The Balaban J connectivity index is 2.40. The van der Waals surface area contributed by atoms with Gasteiger partial charge < -0.3 is 0 Å². The van der Waals surface area contributed by atoms with Crippen LogP contribution in [0.4, 0.5) is 4.39 Å². The summed E-state index contributed by atoms with van der Waals surface area (Å²) in [6, 6.07) is 6.43. The summed E-state index contributed by atoms with van der Waals surface area (Å²) in [6.45, 7) is 0. The maximum absolute atomic E-state index is 13.4. The third-order valence-electron chi connectivity index (χ3n) is 2.19. The van der Waals surface area contributed by atoms with Gasteiger partial charge in [-0.05, 0) is 39.7 Å².